The molecule has 0 radical (unpaired) electrons. The monoisotopic (exact) mass is 291 g/mol. The smallest absolute Gasteiger partial charge is 0.261 e. The fourth-order valence-corrected chi connectivity index (χ4v) is 3.56. The fraction of sp³-hybridized carbons (Fsp3) is 0.200. The van der Waals surface area contributed by atoms with Crippen molar-refractivity contribution < 1.29 is 12.8 Å². The van der Waals surface area contributed by atoms with E-state index in [-0.39, 0.29) is 4.90 Å². The van der Waals surface area contributed by atoms with Crippen LogP contribution in [-0.2, 0) is 22.9 Å². The standard InChI is InChI=1S/C15H14FNO2S/c16-13-5-7-14(8-6-13)17-20(18,19)15-9-4-11-2-1-3-12(11)10-15/h4-10,17H,1-3H2. The third-order valence-electron chi connectivity index (χ3n) is 3.48. The van der Waals surface area contributed by atoms with E-state index in [9.17, 15) is 12.8 Å². The molecule has 3 nitrogen and oxygen atoms in total. The van der Waals surface area contributed by atoms with Gasteiger partial charge in [-0.3, -0.25) is 4.72 Å². The van der Waals surface area contributed by atoms with Crippen molar-refractivity contribution in [3.05, 3.63) is 59.4 Å². The van der Waals surface area contributed by atoms with E-state index in [4.69, 9.17) is 0 Å². The molecule has 0 aliphatic heterocycles. The molecule has 0 atom stereocenters. The highest BCUT2D eigenvalue weighted by Gasteiger charge is 2.18. The molecule has 2 aromatic rings. The lowest BCUT2D eigenvalue weighted by molar-refractivity contribution is 0.601. The van der Waals surface area contributed by atoms with E-state index in [0.29, 0.717) is 5.69 Å². The quantitative estimate of drug-likeness (QED) is 0.944. The van der Waals surface area contributed by atoms with Gasteiger partial charge in [-0.05, 0) is 66.8 Å². The van der Waals surface area contributed by atoms with Gasteiger partial charge >= 0.3 is 0 Å². The van der Waals surface area contributed by atoms with E-state index in [1.54, 1.807) is 12.1 Å². The molecule has 5 heteroatoms. The third-order valence-corrected chi connectivity index (χ3v) is 4.86. The van der Waals surface area contributed by atoms with Gasteiger partial charge < -0.3 is 0 Å². The predicted molar refractivity (Wildman–Crippen MR) is 75.7 cm³/mol. The van der Waals surface area contributed by atoms with Gasteiger partial charge in [0.25, 0.3) is 10.0 Å². The van der Waals surface area contributed by atoms with Crippen LogP contribution in [0.1, 0.15) is 17.5 Å². The first-order valence-corrected chi connectivity index (χ1v) is 7.93. The number of rotatable bonds is 3. The van der Waals surface area contributed by atoms with Gasteiger partial charge in [-0.25, -0.2) is 12.8 Å². The molecular formula is C15H14FNO2S. The zero-order chi connectivity index (χ0) is 14.2. The van der Waals surface area contributed by atoms with E-state index in [2.05, 4.69) is 4.72 Å². The summed E-state index contributed by atoms with van der Waals surface area (Å²) in [5.41, 5.74) is 2.68. The molecule has 0 spiro atoms. The number of benzene rings is 2. The maximum Gasteiger partial charge on any atom is 0.261 e. The highest BCUT2D eigenvalue weighted by molar-refractivity contribution is 7.92. The molecule has 20 heavy (non-hydrogen) atoms. The molecule has 0 heterocycles. The highest BCUT2D eigenvalue weighted by Crippen LogP contribution is 2.25. The largest absolute Gasteiger partial charge is 0.280 e. The molecule has 0 amide bonds. The molecule has 104 valence electrons. The molecule has 0 saturated carbocycles. The SMILES string of the molecule is O=S(=O)(Nc1ccc(F)cc1)c1ccc2c(c1)CCC2. The average Bonchev–Trinajstić information content (AvgIpc) is 2.88. The van der Waals surface area contributed by atoms with Crippen molar-refractivity contribution in [1.29, 1.82) is 0 Å². The van der Waals surface area contributed by atoms with Gasteiger partial charge in [0.05, 0.1) is 4.90 Å². The zero-order valence-electron chi connectivity index (χ0n) is 10.8. The predicted octanol–water partition coefficient (Wildman–Crippen LogP) is 3.12. The van der Waals surface area contributed by atoms with E-state index in [0.717, 1.165) is 24.8 Å². The van der Waals surface area contributed by atoms with Crippen molar-refractivity contribution >= 4 is 15.7 Å². The van der Waals surface area contributed by atoms with Gasteiger partial charge in [0.1, 0.15) is 5.82 Å². The van der Waals surface area contributed by atoms with Crippen LogP contribution in [0, 0.1) is 5.82 Å². The Balaban J connectivity index is 1.90. The number of fused-ring (bicyclic) bond motifs is 1. The summed E-state index contributed by atoms with van der Waals surface area (Å²) in [5.74, 6) is -0.398. The molecule has 2 aromatic carbocycles. The molecule has 0 aromatic heterocycles. The second-order valence-electron chi connectivity index (χ2n) is 4.90. The van der Waals surface area contributed by atoms with Crippen LogP contribution < -0.4 is 4.72 Å². The Morgan fingerprint density at radius 2 is 1.65 bits per heavy atom. The summed E-state index contributed by atoms with van der Waals surface area (Å²) in [4.78, 5) is 0.252. The molecule has 0 fully saturated rings. The first kappa shape index (κ1) is 13.1. The molecule has 1 aliphatic rings. The van der Waals surface area contributed by atoms with Crippen molar-refractivity contribution in [3.8, 4) is 0 Å². The molecule has 0 unspecified atom stereocenters. The van der Waals surface area contributed by atoms with Gasteiger partial charge in [0, 0.05) is 5.69 Å². The van der Waals surface area contributed by atoms with E-state index in [1.807, 2.05) is 6.07 Å². The maximum atomic E-state index is 12.8. The zero-order valence-corrected chi connectivity index (χ0v) is 11.6. The Hall–Kier alpha value is -1.88. The second kappa shape index (κ2) is 4.90. The van der Waals surface area contributed by atoms with Crippen LogP contribution >= 0.6 is 0 Å². The molecule has 1 N–H and O–H groups in total. The topological polar surface area (TPSA) is 46.2 Å². The normalized spacial score (nSPS) is 14.1. The van der Waals surface area contributed by atoms with Crippen LogP contribution in [-0.4, -0.2) is 8.42 Å². The molecule has 3 rings (SSSR count). The number of aryl methyl sites for hydroxylation is 2. The average molecular weight is 291 g/mol. The highest BCUT2D eigenvalue weighted by atomic mass is 32.2. The Bertz CT molecular complexity index is 739. The van der Waals surface area contributed by atoms with Crippen LogP contribution in [0.15, 0.2) is 47.4 Å². The lowest BCUT2D eigenvalue weighted by atomic mass is 10.1. The molecular weight excluding hydrogens is 277 g/mol. The number of nitrogens with one attached hydrogen (secondary N) is 1. The summed E-state index contributed by atoms with van der Waals surface area (Å²) in [6.07, 6.45) is 3.01. The first-order chi connectivity index (χ1) is 9.54. The van der Waals surface area contributed by atoms with Gasteiger partial charge in [0.15, 0.2) is 0 Å². The lowest BCUT2D eigenvalue weighted by Crippen LogP contribution is -2.13. The number of hydrogen-bond acceptors (Lipinski definition) is 2. The third kappa shape index (κ3) is 2.54. The summed E-state index contributed by atoms with van der Waals surface area (Å²) < 4.78 is 39.8. The van der Waals surface area contributed by atoms with Crippen molar-refractivity contribution in [2.45, 2.75) is 24.2 Å². The van der Waals surface area contributed by atoms with Crippen LogP contribution in [0.25, 0.3) is 0 Å². The molecule has 1 aliphatic carbocycles. The summed E-state index contributed by atoms with van der Waals surface area (Å²) in [7, 11) is -3.62. The van der Waals surface area contributed by atoms with Gasteiger partial charge in [-0.15, -0.1) is 0 Å². The Morgan fingerprint density at radius 3 is 2.40 bits per heavy atom. The van der Waals surface area contributed by atoms with E-state index in [1.165, 1.54) is 29.8 Å². The number of halogens is 1. The molecule has 0 saturated heterocycles. The van der Waals surface area contributed by atoms with Gasteiger partial charge in [-0.2, -0.15) is 0 Å². The van der Waals surface area contributed by atoms with Crippen LogP contribution in [0.3, 0.4) is 0 Å². The lowest BCUT2D eigenvalue weighted by Gasteiger charge is -2.09. The van der Waals surface area contributed by atoms with Gasteiger partial charge in [0.2, 0.25) is 0 Å². The maximum absolute atomic E-state index is 12.8. The van der Waals surface area contributed by atoms with E-state index >= 15 is 0 Å². The minimum atomic E-state index is -3.62. The Kier molecular flexibility index (Phi) is 3.22. The number of hydrogen-bond donors (Lipinski definition) is 1. The van der Waals surface area contributed by atoms with Crippen molar-refractivity contribution in [2.24, 2.45) is 0 Å². The van der Waals surface area contributed by atoms with Crippen molar-refractivity contribution in [3.63, 3.8) is 0 Å². The van der Waals surface area contributed by atoms with Gasteiger partial charge in [-0.1, -0.05) is 6.07 Å². The summed E-state index contributed by atoms with van der Waals surface area (Å²) >= 11 is 0. The summed E-state index contributed by atoms with van der Waals surface area (Å²) in [5, 5.41) is 0. The fourth-order valence-electron chi connectivity index (χ4n) is 2.45. The Morgan fingerprint density at radius 1 is 0.950 bits per heavy atom. The summed E-state index contributed by atoms with van der Waals surface area (Å²) in [6, 6.07) is 10.5. The van der Waals surface area contributed by atoms with Crippen molar-refractivity contribution in [2.75, 3.05) is 4.72 Å². The van der Waals surface area contributed by atoms with Crippen LogP contribution in [0.4, 0.5) is 10.1 Å². The molecule has 0 bridgehead atoms. The summed E-state index contributed by atoms with van der Waals surface area (Å²) in [6.45, 7) is 0. The second-order valence-corrected chi connectivity index (χ2v) is 6.58. The Labute approximate surface area is 117 Å². The van der Waals surface area contributed by atoms with E-state index < -0.39 is 15.8 Å². The number of sulfonamides is 1. The number of anilines is 1. The van der Waals surface area contributed by atoms with Crippen LogP contribution in [0.2, 0.25) is 0 Å². The van der Waals surface area contributed by atoms with Crippen LogP contribution in [0.5, 0.6) is 0 Å². The minimum Gasteiger partial charge on any atom is -0.280 e. The minimum absolute atomic E-state index is 0.252. The first-order valence-electron chi connectivity index (χ1n) is 6.45. The van der Waals surface area contributed by atoms with Crippen molar-refractivity contribution in [1.82, 2.24) is 0 Å².